The average molecular weight is 140 g/mol. The highest BCUT2D eigenvalue weighted by molar-refractivity contribution is 4.73. The molecule has 0 amide bonds. The van der Waals surface area contributed by atoms with Crippen LogP contribution in [0, 0.1) is 11.3 Å². The van der Waals surface area contributed by atoms with E-state index in [2.05, 4.69) is 32.2 Å². The van der Waals surface area contributed by atoms with Crippen LogP contribution < -0.4 is 5.32 Å². The summed E-state index contributed by atoms with van der Waals surface area (Å²) >= 11 is 0. The van der Waals surface area contributed by atoms with E-state index < -0.39 is 0 Å². The quantitative estimate of drug-likeness (QED) is 0.605. The molecule has 0 atom stereocenters. The number of nitrogens with zero attached hydrogens (tertiary/aromatic N) is 1. The van der Waals surface area contributed by atoms with Gasteiger partial charge in [0.2, 0.25) is 0 Å². The Balaban J connectivity index is 3.14. The molecule has 58 valence electrons. The second-order valence-corrected chi connectivity index (χ2v) is 3.44. The standard InChI is InChI=1S/C8H16N2/c1-8(2,3)10-7-5-4-6-9/h10H,4-5,7H2,1-3H3. The normalized spacial score (nSPS) is 11.0. The third-order valence-corrected chi connectivity index (χ3v) is 1.12. The van der Waals surface area contributed by atoms with Crippen LogP contribution in [0.5, 0.6) is 0 Å². The van der Waals surface area contributed by atoms with Gasteiger partial charge in [-0.25, -0.2) is 0 Å². The lowest BCUT2D eigenvalue weighted by molar-refractivity contribution is 0.423. The number of hydrogen-bond acceptors (Lipinski definition) is 2. The number of rotatable bonds is 3. The van der Waals surface area contributed by atoms with Crippen LogP contribution in [0.2, 0.25) is 0 Å². The van der Waals surface area contributed by atoms with Gasteiger partial charge in [0.25, 0.3) is 0 Å². The highest BCUT2D eigenvalue weighted by Crippen LogP contribution is 1.98. The molecule has 10 heavy (non-hydrogen) atoms. The first-order valence-corrected chi connectivity index (χ1v) is 3.68. The van der Waals surface area contributed by atoms with E-state index in [0.29, 0.717) is 6.42 Å². The zero-order valence-corrected chi connectivity index (χ0v) is 7.07. The molecule has 0 aromatic carbocycles. The summed E-state index contributed by atoms with van der Waals surface area (Å²) in [5, 5.41) is 11.5. The van der Waals surface area contributed by atoms with Gasteiger partial charge in [0.15, 0.2) is 0 Å². The molecule has 0 aliphatic carbocycles. The van der Waals surface area contributed by atoms with Gasteiger partial charge in [0, 0.05) is 12.0 Å². The first kappa shape index (κ1) is 9.45. The van der Waals surface area contributed by atoms with Crippen LogP contribution in [0.4, 0.5) is 0 Å². The first-order valence-electron chi connectivity index (χ1n) is 3.68. The minimum atomic E-state index is 0.190. The van der Waals surface area contributed by atoms with Gasteiger partial charge in [-0.3, -0.25) is 0 Å². The number of nitriles is 1. The summed E-state index contributed by atoms with van der Waals surface area (Å²) in [6, 6.07) is 2.11. The molecule has 0 saturated carbocycles. The van der Waals surface area contributed by atoms with E-state index in [1.165, 1.54) is 0 Å². The van der Waals surface area contributed by atoms with Crippen molar-refractivity contribution in [1.82, 2.24) is 5.32 Å². The van der Waals surface area contributed by atoms with Crippen LogP contribution in [-0.4, -0.2) is 12.1 Å². The maximum Gasteiger partial charge on any atom is 0.0622 e. The maximum absolute atomic E-state index is 8.22. The fourth-order valence-corrected chi connectivity index (χ4v) is 0.631. The van der Waals surface area contributed by atoms with Crippen LogP contribution in [0.15, 0.2) is 0 Å². The van der Waals surface area contributed by atoms with Gasteiger partial charge in [0.05, 0.1) is 6.07 Å². The summed E-state index contributed by atoms with van der Waals surface area (Å²) in [6.07, 6.45) is 1.61. The molecule has 2 nitrogen and oxygen atoms in total. The van der Waals surface area contributed by atoms with Crippen molar-refractivity contribution >= 4 is 0 Å². The summed E-state index contributed by atoms with van der Waals surface area (Å²) in [5.74, 6) is 0. The van der Waals surface area contributed by atoms with Crippen LogP contribution >= 0.6 is 0 Å². The minimum absolute atomic E-state index is 0.190. The van der Waals surface area contributed by atoms with Gasteiger partial charge in [-0.2, -0.15) is 5.26 Å². The molecular weight excluding hydrogens is 124 g/mol. The summed E-state index contributed by atoms with van der Waals surface area (Å²) in [6.45, 7) is 7.31. The number of nitrogens with one attached hydrogen (secondary N) is 1. The molecule has 0 bridgehead atoms. The molecular formula is C8H16N2. The zero-order chi connectivity index (χ0) is 8.04. The van der Waals surface area contributed by atoms with E-state index in [-0.39, 0.29) is 5.54 Å². The third kappa shape index (κ3) is 7.45. The molecule has 0 spiro atoms. The average Bonchev–Trinajstić information content (AvgIpc) is 1.78. The fraction of sp³-hybridized carbons (Fsp3) is 0.875. The Morgan fingerprint density at radius 3 is 2.40 bits per heavy atom. The zero-order valence-electron chi connectivity index (χ0n) is 7.07. The lowest BCUT2D eigenvalue weighted by Gasteiger charge is -2.19. The Morgan fingerprint density at radius 2 is 2.00 bits per heavy atom. The third-order valence-electron chi connectivity index (χ3n) is 1.12. The SMILES string of the molecule is CC(C)(C)NCCCC#N. The Morgan fingerprint density at radius 1 is 1.40 bits per heavy atom. The van der Waals surface area contributed by atoms with Crippen molar-refractivity contribution in [2.24, 2.45) is 0 Å². The Hall–Kier alpha value is -0.550. The highest BCUT2D eigenvalue weighted by atomic mass is 14.9. The van der Waals surface area contributed by atoms with E-state index >= 15 is 0 Å². The Labute approximate surface area is 63.2 Å². The summed E-state index contributed by atoms with van der Waals surface area (Å²) in [4.78, 5) is 0. The maximum atomic E-state index is 8.22. The van der Waals surface area contributed by atoms with Gasteiger partial charge in [0.1, 0.15) is 0 Å². The molecule has 0 aliphatic rings. The van der Waals surface area contributed by atoms with Crippen LogP contribution in [0.1, 0.15) is 33.6 Å². The number of hydrogen-bond donors (Lipinski definition) is 1. The van der Waals surface area contributed by atoms with Crippen LogP contribution in [-0.2, 0) is 0 Å². The molecule has 0 aliphatic heterocycles. The fourth-order valence-electron chi connectivity index (χ4n) is 0.631. The van der Waals surface area contributed by atoms with Crippen molar-refractivity contribution in [3.05, 3.63) is 0 Å². The van der Waals surface area contributed by atoms with Gasteiger partial charge >= 0.3 is 0 Å². The minimum Gasteiger partial charge on any atom is -0.312 e. The van der Waals surface area contributed by atoms with Crippen molar-refractivity contribution in [3.8, 4) is 6.07 Å². The highest BCUT2D eigenvalue weighted by Gasteiger charge is 2.06. The molecule has 0 radical (unpaired) electrons. The molecule has 0 fully saturated rings. The molecule has 0 aromatic rings. The summed E-state index contributed by atoms with van der Waals surface area (Å²) < 4.78 is 0. The first-order chi connectivity index (χ1) is 4.56. The topological polar surface area (TPSA) is 35.8 Å². The van der Waals surface area contributed by atoms with Crippen LogP contribution in [0.3, 0.4) is 0 Å². The molecule has 0 heterocycles. The van der Waals surface area contributed by atoms with Crippen LogP contribution in [0.25, 0.3) is 0 Å². The van der Waals surface area contributed by atoms with Crippen molar-refractivity contribution < 1.29 is 0 Å². The predicted octanol–water partition coefficient (Wildman–Crippen LogP) is 1.68. The predicted molar refractivity (Wildman–Crippen MR) is 42.6 cm³/mol. The lowest BCUT2D eigenvalue weighted by atomic mass is 10.1. The largest absolute Gasteiger partial charge is 0.312 e. The van der Waals surface area contributed by atoms with Crippen molar-refractivity contribution in [1.29, 1.82) is 5.26 Å². The van der Waals surface area contributed by atoms with E-state index in [4.69, 9.17) is 5.26 Å². The number of unbranched alkanes of at least 4 members (excludes halogenated alkanes) is 1. The summed E-state index contributed by atoms with van der Waals surface area (Å²) in [7, 11) is 0. The van der Waals surface area contributed by atoms with Crippen molar-refractivity contribution in [3.63, 3.8) is 0 Å². The van der Waals surface area contributed by atoms with Crippen molar-refractivity contribution in [2.75, 3.05) is 6.54 Å². The molecule has 0 saturated heterocycles. The van der Waals surface area contributed by atoms with E-state index in [1.807, 2.05) is 0 Å². The van der Waals surface area contributed by atoms with Gasteiger partial charge in [-0.15, -0.1) is 0 Å². The van der Waals surface area contributed by atoms with Crippen molar-refractivity contribution in [2.45, 2.75) is 39.2 Å². The van der Waals surface area contributed by atoms with Gasteiger partial charge < -0.3 is 5.32 Å². The lowest BCUT2D eigenvalue weighted by Crippen LogP contribution is -2.36. The Kier molecular flexibility index (Phi) is 4.06. The monoisotopic (exact) mass is 140 g/mol. The molecule has 2 heteroatoms. The van der Waals surface area contributed by atoms with Gasteiger partial charge in [-0.05, 0) is 33.7 Å². The molecule has 0 unspecified atom stereocenters. The molecule has 1 N–H and O–H groups in total. The van der Waals surface area contributed by atoms with E-state index in [0.717, 1.165) is 13.0 Å². The van der Waals surface area contributed by atoms with E-state index in [9.17, 15) is 0 Å². The molecule has 0 aromatic heterocycles. The summed E-state index contributed by atoms with van der Waals surface area (Å²) in [5.41, 5.74) is 0.190. The smallest absolute Gasteiger partial charge is 0.0622 e. The molecule has 0 rings (SSSR count). The second kappa shape index (κ2) is 4.29. The van der Waals surface area contributed by atoms with Gasteiger partial charge in [-0.1, -0.05) is 0 Å². The Bertz CT molecular complexity index is 116. The van der Waals surface area contributed by atoms with E-state index in [1.54, 1.807) is 0 Å². The second-order valence-electron chi connectivity index (χ2n) is 3.44.